The molecule has 1 aromatic rings. The Hall–Kier alpha value is -1.24. The Morgan fingerprint density at radius 2 is 2.04 bits per heavy atom. The van der Waals surface area contributed by atoms with Gasteiger partial charge in [-0.05, 0) is 24.5 Å². The lowest BCUT2D eigenvalue weighted by atomic mass is 10.1. The van der Waals surface area contributed by atoms with Crippen LogP contribution in [-0.2, 0) is 4.74 Å². The van der Waals surface area contributed by atoms with Gasteiger partial charge in [-0.2, -0.15) is 0 Å². The summed E-state index contributed by atoms with van der Waals surface area (Å²) in [6.07, 6.45) is 1.26. The van der Waals surface area contributed by atoms with Gasteiger partial charge in [-0.3, -0.25) is 9.89 Å². The maximum atomic E-state index is 5.45. The first kappa shape index (κ1) is 19.5. The number of hydrogen-bond acceptors (Lipinski definition) is 4. The largest absolute Gasteiger partial charge is 0.379 e. The first-order chi connectivity index (χ1) is 12.7. The number of aliphatic imine (C=N–C) groups is 1. The quantitative estimate of drug-likeness (QED) is 0.469. The standard InChI is InChI=1S/C20H32N4OS/c1-17(26-19-6-4-3-5-7-19)14-22-20(21-2)24-9-8-18(16-24)15-23-10-12-25-13-11-23/h3-7,17-18H,8-16H2,1-2H3,(H,21,22). The molecule has 6 heteroatoms. The number of ether oxygens (including phenoxy) is 1. The van der Waals surface area contributed by atoms with E-state index < -0.39 is 0 Å². The van der Waals surface area contributed by atoms with E-state index in [0.29, 0.717) is 5.25 Å². The van der Waals surface area contributed by atoms with Crippen LogP contribution in [0.3, 0.4) is 0 Å². The summed E-state index contributed by atoms with van der Waals surface area (Å²) in [6.45, 7) is 10.5. The molecule has 0 amide bonds. The summed E-state index contributed by atoms with van der Waals surface area (Å²) in [4.78, 5) is 10.8. The molecule has 0 saturated carbocycles. The fourth-order valence-electron chi connectivity index (χ4n) is 3.66. The van der Waals surface area contributed by atoms with Crippen molar-refractivity contribution < 1.29 is 4.74 Å². The molecule has 0 spiro atoms. The van der Waals surface area contributed by atoms with E-state index in [0.717, 1.165) is 57.8 Å². The smallest absolute Gasteiger partial charge is 0.193 e. The van der Waals surface area contributed by atoms with Gasteiger partial charge in [-0.15, -0.1) is 11.8 Å². The van der Waals surface area contributed by atoms with Crippen LogP contribution in [0.2, 0.25) is 0 Å². The van der Waals surface area contributed by atoms with Gasteiger partial charge in [0.1, 0.15) is 0 Å². The minimum Gasteiger partial charge on any atom is -0.379 e. The van der Waals surface area contributed by atoms with Crippen molar-refractivity contribution in [2.45, 2.75) is 23.5 Å². The van der Waals surface area contributed by atoms with Crippen LogP contribution in [0.25, 0.3) is 0 Å². The van der Waals surface area contributed by atoms with Crippen molar-refractivity contribution in [2.75, 3.05) is 59.5 Å². The molecule has 144 valence electrons. The van der Waals surface area contributed by atoms with E-state index in [-0.39, 0.29) is 0 Å². The van der Waals surface area contributed by atoms with E-state index >= 15 is 0 Å². The van der Waals surface area contributed by atoms with E-state index in [4.69, 9.17) is 4.74 Å². The van der Waals surface area contributed by atoms with Gasteiger partial charge in [-0.25, -0.2) is 0 Å². The predicted molar refractivity (Wildman–Crippen MR) is 110 cm³/mol. The monoisotopic (exact) mass is 376 g/mol. The van der Waals surface area contributed by atoms with E-state index in [9.17, 15) is 0 Å². The number of hydrogen-bond donors (Lipinski definition) is 1. The molecule has 2 aliphatic heterocycles. The molecule has 2 atom stereocenters. The van der Waals surface area contributed by atoms with Gasteiger partial charge in [0.2, 0.25) is 0 Å². The summed E-state index contributed by atoms with van der Waals surface area (Å²) in [7, 11) is 1.90. The molecule has 0 aliphatic carbocycles. The lowest BCUT2D eigenvalue weighted by Gasteiger charge is -2.29. The minimum atomic E-state index is 0.501. The fourth-order valence-corrected chi connectivity index (χ4v) is 4.61. The average Bonchev–Trinajstić information content (AvgIpc) is 3.12. The molecule has 1 N–H and O–H groups in total. The summed E-state index contributed by atoms with van der Waals surface area (Å²) < 4.78 is 5.45. The molecule has 2 aliphatic rings. The second-order valence-corrected chi connectivity index (χ2v) is 8.70. The van der Waals surface area contributed by atoms with Crippen molar-refractivity contribution >= 4 is 17.7 Å². The van der Waals surface area contributed by atoms with E-state index in [1.54, 1.807) is 0 Å². The molecule has 2 heterocycles. The van der Waals surface area contributed by atoms with Crippen LogP contribution < -0.4 is 5.32 Å². The number of nitrogens with zero attached hydrogens (tertiary/aromatic N) is 3. The highest BCUT2D eigenvalue weighted by molar-refractivity contribution is 8.00. The number of guanidine groups is 1. The molecule has 26 heavy (non-hydrogen) atoms. The molecule has 2 unspecified atom stereocenters. The van der Waals surface area contributed by atoms with Crippen LogP contribution in [0.1, 0.15) is 13.3 Å². The summed E-state index contributed by atoms with van der Waals surface area (Å²) in [5.41, 5.74) is 0. The van der Waals surface area contributed by atoms with Crippen molar-refractivity contribution in [2.24, 2.45) is 10.9 Å². The Bertz CT molecular complexity index is 562. The minimum absolute atomic E-state index is 0.501. The molecule has 3 rings (SSSR count). The van der Waals surface area contributed by atoms with Gasteiger partial charge in [0.15, 0.2) is 5.96 Å². The number of benzene rings is 1. The Labute approximate surface area is 162 Å². The zero-order chi connectivity index (χ0) is 18.2. The zero-order valence-electron chi connectivity index (χ0n) is 16.1. The highest BCUT2D eigenvalue weighted by Gasteiger charge is 2.27. The molecule has 1 aromatic carbocycles. The first-order valence-corrected chi connectivity index (χ1v) is 10.6. The molecule has 2 saturated heterocycles. The van der Waals surface area contributed by atoms with Gasteiger partial charge >= 0.3 is 0 Å². The molecule has 0 aromatic heterocycles. The van der Waals surface area contributed by atoms with E-state index in [2.05, 4.69) is 57.4 Å². The fraction of sp³-hybridized carbons (Fsp3) is 0.650. The third-order valence-corrected chi connectivity index (χ3v) is 6.16. The second-order valence-electron chi connectivity index (χ2n) is 7.18. The normalized spacial score (nSPS) is 23.2. The van der Waals surface area contributed by atoms with Crippen LogP contribution in [-0.4, -0.2) is 80.5 Å². The van der Waals surface area contributed by atoms with Crippen LogP contribution in [0.5, 0.6) is 0 Å². The molecule has 0 radical (unpaired) electrons. The number of likely N-dealkylation sites (tertiary alicyclic amines) is 1. The van der Waals surface area contributed by atoms with Crippen LogP contribution >= 0.6 is 11.8 Å². The van der Waals surface area contributed by atoms with Crippen LogP contribution in [0, 0.1) is 5.92 Å². The highest BCUT2D eigenvalue weighted by Crippen LogP contribution is 2.22. The average molecular weight is 377 g/mol. The van der Waals surface area contributed by atoms with Gasteiger partial charge in [-0.1, -0.05) is 25.1 Å². The molecular formula is C20H32N4OS. The summed E-state index contributed by atoms with van der Waals surface area (Å²) in [5, 5.41) is 4.08. The highest BCUT2D eigenvalue weighted by atomic mass is 32.2. The molecule has 0 bridgehead atoms. The molecular weight excluding hydrogens is 344 g/mol. The van der Waals surface area contributed by atoms with Crippen molar-refractivity contribution in [3.63, 3.8) is 0 Å². The number of nitrogens with one attached hydrogen (secondary N) is 1. The van der Waals surface area contributed by atoms with Gasteiger partial charge in [0.25, 0.3) is 0 Å². The molecule has 2 fully saturated rings. The topological polar surface area (TPSA) is 40.1 Å². The Balaban J connectivity index is 1.41. The van der Waals surface area contributed by atoms with Gasteiger partial charge < -0.3 is 15.0 Å². The summed E-state index contributed by atoms with van der Waals surface area (Å²) in [5.74, 6) is 1.79. The van der Waals surface area contributed by atoms with Crippen molar-refractivity contribution in [1.82, 2.24) is 15.1 Å². The maximum absolute atomic E-state index is 5.45. The lowest BCUT2D eigenvalue weighted by Crippen LogP contribution is -2.43. The maximum Gasteiger partial charge on any atom is 0.193 e. The van der Waals surface area contributed by atoms with Crippen molar-refractivity contribution in [3.8, 4) is 0 Å². The molecule has 5 nitrogen and oxygen atoms in total. The number of morpholine rings is 1. The van der Waals surface area contributed by atoms with Gasteiger partial charge in [0, 0.05) is 56.5 Å². The lowest BCUT2D eigenvalue weighted by molar-refractivity contribution is 0.0315. The number of thioether (sulfide) groups is 1. The van der Waals surface area contributed by atoms with E-state index in [1.165, 1.54) is 17.9 Å². The predicted octanol–water partition coefficient (Wildman–Crippen LogP) is 2.40. The van der Waals surface area contributed by atoms with Crippen LogP contribution in [0.15, 0.2) is 40.2 Å². The first-order valence-electron chi connectivity index (χ1n) is 9.72. The zero-order valence-corrected chi connectivity index (χ0v) is 16.9. The summed E-state index contributed by atoms with van der Waals surface area (Å²) in [6, 6.07) is 10.6. The SMILES string of the molecule is CN=C(NCC(C)Sc1ccccc1)N1CCC(CN2CCOCC2)C1. The van der Waals surface area contributed by atoms with Crippen molar-refractivity contribution in [1.29, 1.82) is 0 Å². The summed E-state index contributed by atoms with van der Waals surface area (Å²) >= 11 is 1.91. The van der Waals surface area contributed by atoms with Crippen LogP contribution in [0.4, 0.5) is 0 Å². The second kappa shape index (κ2) is 10.2. The number of rotatable bonds is 6. The Kier molecular flexibility index (Phi) is 7.65. The Morgan fingerprint density at radius 1 is 1.27 bits per heavy atom. The Morgan fingerprint density at radius 3 is 2.77 bits per heavy atom. The van der Waals surface area contributed by atoms with Crippen molar-refractivity contribution in [3.05, 3.63) is 30.3 Å². The third-order valence-electron chi connectivity index (χ3n) is 5.05. The third kappa shape index (κ3) is 5.89. The van der Waals surface area contributed by atoms with E-state index in [1.807, 2.05) is 18.8 Å². The van der Waals surface area contributed by atoms with Gasteiger partial charge in [0.05, 0.1) is 13.2 Å².